The zero-order valence-electron chi connectivity index (χ0n) is 19.1. The van der Waals surface area contributed by atoms with Gasteiger partial charge in [-0.05, 0) is 68.4 Å². The van der Waals surface area contributed by atoms with Crippen LogP contribution >= 0.6 is 0 Å². The molecule has 0 atom stereocenters. The molecule has 0 saturated carbocycles. The highest BCUT2D eigenvalue weighted by Gasteiger charge is 2.24. The van der Waals surface area contributed by atoms with E-state index in [1.54, 1.807) is 12.1 Å². The van der Waals surface area contributed by atoms with Gasteiger partial charge in [0.15, 0.2) is 5.65 Å². The number of aryl methyl sites for hydroxylation is 2. The summed E-state index contributed by atoms with van der Waals surface area (Å²) in [5, 5.41) is 3.04. The largest absolute Gasteiger partial charge is 0.384 e. The van der Waals surface area contributed by atoms with E-state index in [1.165, 1.54) is 30.5 Å². The van der Waals surface area contributed by atoms with Gasteiger partial charge in [0, 0.05) is 13.1 Å². The third kappa shape index (κ3) is 4.51. The van der Waals surface area contributed by atoms with E-state index in [2.05, 4.69) is 11.4 Å². The molecular formula is C27H28FN5O. The molecule has 4 aromatic rings. The molecule has 7 heteroatoms. The minimum Gasteiger partial charge on any atom is -0.384 e. The second kappa shape index (κ2) is 9.63. The van der Waals surface area contributed by atoms with Crippen LogP contribution in [0.25, 0.3) is 22.2 Å². The quantitative estimate of drug-likeness (QED) is 0.375. The van der Waals surface area contributed by atoms with E-state index in [0.717, 1.165) is 30.3 Å². The van der Waals surface area contributed by atoms with E-state index >= 15 is 0 Å². The van der Waals surface area contributed by atoms with E-state index in [0.29, 0.717) is 47.6 Å². The lowest BCUT2D eigenvalue weighted by molar-refractivity contribution is 0.0956. The summed E-state index contributed by atoms with van der Waals surface area (Å²) in [4.78, 5) is 22.8. The summed E-state index contributed by atoms with van der Waals surface area (Å²) in [6.45, 7) is 1.06. The van der Waals surface area contributed by atoms with Crippen molar-refractivity contribution in [3.05, 3.63) is 77.1 Å². The molecule has 0 saturated heterocycles. The van der Waals surface area contributed by atoms with Crippen LogP contribution in [0.3, 0.4) is 0 Å². The SMILES string of the molecule is Nc1c(C(=O)NCCC2=CCCCC2)c2nc3ccccc3nc2n1CCc1ccc(F)cc1. The highest BCUT2D eigenvalue weighted by molar-refractivity contribution is 6.10. The molecule has 2 aromatic heterocycles. The van der Waals surface area contributed by atoms with E-state index in [-0.39, 0.29) is 11.7 Å². The van der Waals surface area contributed by atoms with Crippen molar-refractivity contribution in [1.29, 1.82) is 0 Å². The number of aromatic nitrogens is 3. The number of halogens is 1. The zero-order chi connectivity index (χ0) is 23.5. The first kappa shape index (κ1) is 22.1. The molecule has 5 rings (SSSR count). The molecule has 0 bridgehead atoms. The van der Waals surface area contributed by atoms with Crippen LogP contribution in [0.4, 0.5) is 10.2 Å². The molecule has 0 unspecified atom stereocenters. The maximum atomic E-state index is 13.3. The number of benzene rings is 2. The lowest BCUT2D eigenvalue weighted by Gasteiger charge is -2.13. The van der Waals surface area contributed by atoms with Crippen LogP contribution in [-0.4, -0.2) is 27.0 Å². The van der Waals surface area contributed by atoms with Gasteiger partial charge in [0.1, 0.15) is 22.7 Å². The van der Waals surface area contributed by atoms with Gasteiger partial charge in [-0.3, -0.25) is 4.79 Å². The number of carbonyl (C=O) groups is 1. The molecule has 1 aliphatic carbocycles. The molecular weight excluding hydrogens is 429 g/mol. The van der Waals surface area contributed by atoms with Crippen molar-refractivity contribution in [3.8, 4) is 0 Å². The highest BCUT2D eigenvalue weighted by atomic mass is 19.1. The second-order valence-corrected chi connectivity index (χ2v) is 8.79. The highest BCUT2D eigenvalue weighted by Crippen LogP contribution is 2.28. The van der Waals surface area contributed by atoms with Crippen molar-refractivity contribution in [2.45, 2.75) is 45.1 Å². The molecule has 2 heterocycles. The Morgan fingerprint density at radius 3 is 2.53 bits per heavy atom. The summed E-state index contributed by atoms with van der Waals surface area (Å²) < 4.78 is 15.1. The van der Waals surface area contributed by atoms with Gasteiger partial charge in [-0.1, -0.05) is 35.9 Å². The van der Waals surface area contributed by atoms with Crippen LogP contribution in [0.15, 0.2) is 60.2 Å². The number of anilines is 1. The summed E-state index contributed by atoms with van der Waals surface area (Å²) in [6.07, 6.45) is 8.47. The number of amides is 1. The zero-order valence-corrected chi connectivity index (χ0v) is 19.1. The van der Waals surface area contributed by atoms with Crippen LogP contribution in [0, 0.1) is 5.82 Å². The topological polar surface area (TPSA) is 85.8 Å². The number of rotatable bonds is 7. The molecule has 6 nitrogen and oxygen atoms in total. The number of para-hydroxylation sites is 2. The standard InChI is InChI=1S/C27H28FN5O/c28-20-12-10-19(11-13-20)15-17-33-25(29)23(27(34)30-16-14-18-6-2-1-3-7-18)24-26(33)32-22-9-5-4-8-21(22)31-24/h4-6,8-13H,1-3,7,14-17,29H2,(H,30,34). The molecule has 0 fully saturated rings. The van der Waals surface area contributed by atoms with Gasteiger partial charge in [0.05, 0.1) is 11.0 Å². The number of nitrogens with one attached hydrogen (secondary N) is 1. The summed E-state index contributed by atoms with van der Waals surface area (Å²) >= 11 is 0. The molecule has 3 N–H and O–H groups in total. The van der Waals surface area contributed by atoms with Gasteiger partial charge < -0.3 is 15.6 Å². The fourth-order valence-corrected chi connectivity index (χ4v) is 4.62. The molecule has 2 aromatic carbocycles. The number of carbonyl (C=O) groups excluding carboxylic acids is 1. The first-order valence-corrected chi connectivity index (χ1v) is 11.8. The van der Waals surface area contributed by atoms with Crippen LogP contribution in [0.1, 0.15) is 48.0 Å². The maximum Gasteiger partial charge on any atom is 0.257 e. The third-order valence-corrected chi connectivity index (χ3v) is 6.47. The Morgan fingerprint density at radius 1 is 1.03 bits per heavy atom. The van der Waals surface area contributed by atoms with Gasteiger partial charge in [0.2, 0.25) is 0 Å². The summed E-state index contributed by atoms with van der Waals surface area (Å²) in [7, 11) is 0. The monoisotopic (exact) mass is 457 g/mol. The second-order valence-electron chi connectivity index (χ2n) is 8.79. The number of nitrogens with zero attached hydrogens (tertiary/aromatic N) is 3. The number of fused-ring (bicyclic) bond motifs is 2. The minimum atomic E-state index is -0.269. The molecule has 34 heavy (non-hydrogen) atoms. The number of hydrogen-bond donors (Lipinski definition) is 2. The molecule has 1 aliphatic rings. The number of allylic oxidation sites excluding steroid dienone is 1. The Morgan fingerprint density at radius 2 is 1.79 bits per heavy atom. The van der Waals surface area contributed by atoms with Crippen LogP contribution < -0.4 is 11.1 Å². The molecule has 174 valence electrons. The van der Waals surface area contributed by atoms with Crippen molar-refractivity contribution < 1.29 is 9.18 Å². The third-order valence-electron chi connectivity index (χ3n) is 6.47. The van der Waals surface area contributed by atoms with Gasteiger partial charge in [0.25, 0.3) is 5.91 Å². The predicted molar refractivity (Wildman–Crippen MR) is 133 cm³/mol. The summed E-state index contributed by atoms with van der Waals surface area (Å²) in [5.74, 6) is -0.152. The number of nitrogen functional groups attached to an aromatic ring is 1. The van der Waals surface area contributed by atoms with Crippen LogP contribution in [0.2, 0.25) is 0 Å². The fraction of sp³-hybridized carbons (Fsp3) is 0.296. The molecule has 1 amide bonds. The van der Waals surface area contributed by atoms with Gasteiger partial charge in [-0.15, -0.1) is 0 Å². The average molecular weight is 458 g/mol. The number of hydrogen-bond acceptors (Lipinski definition) is 4. The van der Waals surface area contributed by atoms with E-state index in [9.17, 15) is 9.18 Å². The Hall–Kier alpha value is -3.74. The van der Waals surface area contributed by atoms with Crippen LogP contribution in [0.5, 0.6) is 0 Å². The van der Waals surface area contributed by atoms with Crippen molar-refractivity contribution in [3.63, 3.8) is 0 Å². The van der Waals surface area contributed by atoms with Gasteiger partial charge >= 0.3 is 0 Å². The summed E-state index contributed by atoms with van der Waals surface area (Å²) in [6, 6.07) is 14.0. The van der Waals surface area contributed by atoms with E-state index in [1.807, 2.05) is 28.8 Å². The smallest absolute Gasteiger partial charge is 0.257 e. The molecule has 0 aliphatic heterocycles. The number of nitrogens with two attached hydrogens (primary N) is 1. The van der Waals surface area contributed by atoms with Gasteiger partial charge in [-0.2, -0.15) is 0 Å². The van der Waals surface area contributed by atoms with Crippen molar-refractivity contribution >= 4 is 33.9 Å². The summed E-state index contributed by atoms with van der Waals surface area (Å²) in [5.41, 5.74) is 11.8. The lowest BCUT2D eigenvalue weighted by Crippen LogP contribution is -2.26. The molecule has 0 radical (unpaired) electrons. The van der Waals surface area contributed by atoms with Crippen molar-refractivity contribution in [2.24, 2.45) is 0 Å². The minimum absolute atomic E-state index is 0.232. The normalized spacial score (nSPS) is 13.9. The Kier molecular flexibility index (Phi) is 6.25. The van der Waals surface area contributed by atoms with Crippen molar-refractivity contribution in [1.82, 2.24) is 19.9 Å². The van der Waals surface area contributed by atoms with Crippen LogP contribution in [-0.2, 0) is 13.0 Å². The van der Waals surface area contributed by atoms with E-state index in [4.69, 9.17) is 15.7 Å². The lowest BCUT2D eigenvalue weighted by atomic mass is 9.97. The first-order chi connectivity index (χ1) is 16.6. The Bertz CT molecular complexity index is 1370. The average Bonchev–Trinajstić information content (AvgIpc) is 3.13. The van der Waals surface area contributed by atoms with E-state index < -0.39 is 0 Å². The van der Waals surface area contributed by atoms with Gasteiger partial charge in [-0.25, -0.2) is 14.4 Å². The Balaban J connectivity index is 1.46. The maximum absolute atomic E-state index is 13.3. The first-order valence-electron chi connectivity index (χ1n) is 11.8. The van der Waals surface area contributed by atoms with Crippen molar-refractivity contribution in [2.75, 3.05) is 12.3 Å². The Labute approximate surface area is 197 Å². The fourth-order valence-electron chi connectivity index (χ4n) is 4.62. The predicted octanol–water partition coefficient (Wildman–Crippen LogP) is 5.17. The molecule has 0 spiro atoms.